The van der Waals surface area contributed by atoms with E-state index in [1.165, 1.54) is 33.4 Å². The van der Waals surface area contributed by atoms with E-state index in [2.05, 4.69) is 80.0 Å². The van der Waals surface area contributed by atoms with Gasteiger partial charge in [-0.2, -0.15) is 0 Å². The Morgan fingerprint density at radius 3 is 2.00 bits per heavy atom. The molecule has 1 atom stereocenters. The molecule has 0 saturated carbocycles. The second kappa shape index (κ2) is 6.58. The zero-order valence-electron chi connectivity index (χ0n) is 12.8. The molecule has 0 aliphatic carbocycles. The van der Waals surface area contributed by atoms with Crippen molar-refractivity contribution in [3.8, 4) is 0 Å². The van der Waals surface area contributed by atoms with Gasteiger partial charge in [-0.15, -0.1) is 0 Å². The number of rotatable bonds is 4. The van der Waals surface area contributed by atoms with E-state index in [1.807, 2.05) is 0 Å². The Morgan fingerprint density at radius 1 is 0.800 bits per heavy atom. The molecule has 0 fully saturated rings. The molecule has 0 heterocycles. The minimum Gasteiger partial charge on any atom is -0.0786 e. The van der Waals surface area contributed by atoms with Crippen LogP contribution in [0.15, 0.2) is 36.4 Å². The van der Waals surface area contributed by atoms with Crippen LogP contribution in [0.2, 0.25) is 0 Å². The van der Waals surface area contributed by atoms with E-state index in [4.69, 9.17) is 0 Å². The van der Waals surface area contributed by atoms with E-state index in [9.17, 15) is 0 Å². The molecule has 0 aromatic heterocycles. The maximum Gasteiger partial charge on any atom is 0.0644 e. The first-order chi connectivity index (χ1) is 9.56. The van der Waals surface area contributed by atoms with Crippen molar-refractivity contribution in [3.63, 3.8) is 0 Å². The minimum absolute atomic E-state index is 0.276. The Hall–Kier alpha value is -1.08. The van der Waals surface area contributed by atoms with Crippen LogP contribution in [-0.4, -0.2) is 0 Å². The molecule has 2 aromatic carbocycles. The molecule has 0 amide bonds. The first-order valence-corrected chi connectivity index (χ1v) is 8.31. The third-order valence-electron chi connectivity index (χ3n) is 4.11. The van der Waals surface area contributed by atoms with Crippen LogP contribution in [0, 0.1) is 13.8 Å². The fourth-order valence-electron chi connectivity index (χ4n) is 2.59. The summed E-state index contributed by atoms with van der Waals surface area (Å²) in [6.07, 6.45) is 2.21. The van der Waals surface area contributed by atoms with Crippen LogP contribution in [0.5, 0.6) is 0 Å². The molecular formula is C19H23Br. The molecule has 0 aliphatic rings. The summed E-state index contributed by atoms with van der Waals surface area (Å²) in [6.45, 7) is 8.80. The number of hydrogen-bond donors (Lipinski definition) is 0. The minimum atomic E-state index is 0.276. The van der Waals surface area contributed by atoms with Crippen LogP contribution < -0.4 is 0 Å². The Kier molecular flexibility index (Phi) is 5.04. The predicted octanol–water partition coefficient (Wildman–Crippen LogP) is 5.91. The number of halogens is 1. The normalized spacial score (nSPS) is 12.4. The van der Waals surface area contributed by atoms with Crippen LogP contribution in [0.3, 0.4) is 0 Å². The number of alkyl halides is 1. The van der Waals surface area contributed by atoms with Crippen LogP contribution >= 0.6 is 15.9 Å². The van der Waals surface area contributed by atoms with Gasteiger partial charge in [0.2, 0.25) is 0 Å². The molecular weight excluding hydrogens is 308 g/mol. The smallest absolute Gasteiger partial charge is 0.0644 e. The summed E-state index contributed by atoms with van der Waals surface area (Å²) in [5, 5.41) is 0. The number of benzene rings is 2. The largest absolute Gasteiger partial charge is 0.0786 e. The van der Waals surface area contributed by atoms with E-state index in [-0.39, 0.29) is 4.83 Å². The summed E-state index contributed by atoms with van der Waals surface area (Å²) >= 11 is 3.86. The molecule has 106 valence electrons. The third-order valence-corrected chi connectivity index (χ3v) is 5.17. The topological polar surface area (TPSA) is 0 Å². The molecule has 1 unspecified atom stereocenters. The zero-order valence-corrected chi connectivity index (χ0v) is 14.4. The van der Waals surface area contributed by atoms with E-state index in [1.54, 1.807) is 0 Å². The Bertz CT molecular complexity index is 599. The summed E-state index contributed by atoms with van der Waals surface area (Å²) in [7, 11) is 0. The highest BCUT2D eigenvalue weighted by Gasteiger charge is 2.12. The van der Waals surface area contributed by atoms with Gasteiger partial charge >= 0.3 is 0 Å². The van der Waals surface area contributed by atoms with Crippen molar-refractivity contribution in [1.82, 2.24) is 0 Å². The summed E-state index contributed by atoms with van der Waals surface area (Å²) in [5.41, 5.74) is 8.33. The van der Waals surface area contributed by atoms with Crippen molar-refractivity contribution in [3.05, 3.63) is 69.8 Å². The highest BCUT2D eigenvalue weighted by Crippen LogP contribution is 2.33. The molecule has 2 rings (SSSR count). The second-order valence-electron chi connectivity index (χ2n) is 5.44. The first-order valence-electron chi connectivity index (χ1n) is 7.39. The van der Waals surface area contributed by atoms with Gasteiger partial charge in [0, 0.05) is 0 Å². The lowest BCUT2D eigenvalue weighted by Gasteiger charge is -2.15. The average Bonchev–Trinajstić information content (AvgIpc) is 2.48. The first kappa shape index (κ1) is 15.3. The zero-order chi connectivity index (χ0) is 14.7. The monoisotopic (exact) mass is 330 g/mol. The van der Waals surface area contributed by atoms with E-state index in [0.717, 1.165) is 12.8 Å². The lowest BCUT2D eigenvalue weighted by atomic mass is 9.95. The molecule has 0 aliphatic heterocycles. The molecule has 0 spiro atoms. The van der Waals surface area contributed by atoms with Crippen LogP contribution in [0.25, 0.3) is 0 Å². The van der Waals surface area contributed by atoms with Crippen LogP contribution in [0.1, 0.15) is 52.1 Å². The van der Waals surface area contributed by atoms with Crippen molar-refractivity contribution >= 4 is 15.9 Å². The SMILES string of the molecule is CCc1ccc(C(Br)c2ccc(C)c(C)c2)cc1CC. The quantitative estimate of drug-likeness (QED) is 0.611. The van der Waals surface area contributed by atoms with E-state index < -0.39 is 0 Å². The van der Waals surface area contributed by atoms with Gasteiger partial charge in [-0.3, -0.25) is 0 Å². The van der Waals surface area contributed by atoms with E-state index in [0.29, 0.717) is 0 Å². The molecule has 0 N–H and O–H groups in total. The van der Waals surface area contributed by atoms with Gasteiger partial charge < -0.3 is 0 Å². The highest BCUT2D eigenvalue weighted by molar-refractivity contribution is 9.09. The third kappa shape index (κ3) is 3.15. The van der Waals surface area contributed by atoms with Gasteiger partial charge in [0.15, 0.2) is 0 Å². The summed E-state index contributed by atoms with van der Waals surface area (Å²) < 4.78 is 0. The van der Waals surface area contributed by atoms with Gasteiger partial charge in [-0.25, -0.2) is 0 Å². The molecule has 0 radical (unpaired) electrons. The van der Waals surface area contributed by atoms with Crippen molar-refractivity contribution in [2.45, 2.75) is 45.4 Å². The lowest BCUT2D eigenvalue weighted by Crippen LogP contribution is -1.98. The average molecular weight is 331 g/mol. The van der Waals surface area contributed by atoms with Gasteiger partial charge in [-0.1, -0.05) is 66.2 Å². The predicted molar refractivity (Wildman–Crippen MR) is 91.9 cm³/mol. The maximum absolute atomic E-state index is 3.86. The molecule has 2 aromatic rings. The standard InChI is InChI=1S/C19H23Br/c1-5-15-9-10-18(12-16(15)6-2)19(20)17-8-7-13(3)14(4)11-17/h7-12,19H,5-6H2,1-4H3. The maximum atomic E-state index is 3.86. The van der Waals surface area contributed by atoms with Crippen LogP contribution in [0.4, 0.5) is 0 Å². The molecule has 0 saturated heterocycles. The lowest BCUT2D eigenvalue weighted by molar-refractivity contribution is 1.02. The highest BCUT2D eigenvalue weighted by atomic mass is 79.9. The summed E-state index contributed by atoms with van der Waals surface area (Å²) in [6, 6.07) is 13.6. The number of aryl methyl sites for hydroxylation is 4. The van der Waals surface area contributed by atoms with Gasteiger partial charge in [-0.05, 0) is 60.1 Å². The van der Waals surface area contributed by atoms with Crippen molar-refractivity contribution in [2.24, 2.45) is 0 Å². The molecule has 20 heavy (non-hydrogen) atoms. The Balaban J connectivity index is 2.37. The van der Waals surface area contributed by atoms with Gasteiger partial charge in [0.1, 0.15) is 0 Å². The summed E-state index contributed by atoms with van der Waals surface area (Å²) in [5.74, 6) is 0. The molecule has 1 heteroatoms. The van der Waals surface area contributed by atoms with Gasteiger partial charge in [0.05, 0.1) is 4.83 Å². The number of hydrogen-bond acceptors (Lipinski definition) is 0. The van der Waals surface area contributed by atoms with Crippen molar-refractivity contribution in [2.75, 3.05) is 0 Å². The van der Waals surface area contributed by atoms with E-state index >= 15 is 0 Å². The Morgan fingerprint density at radius 2 is 1.40 bits per heavy atom. The second-order valence-corrected chi connectivity index (χ2v) is 6.36. The molecule has 0 nitrogen and oxygen atoms in total. The van der Waals surface area contributed by atoms with Crippen molar-refractivity contribution in [1.29, 1.82) is 0 Å². The molecule has 0 bridgehead atoms. The van der Waals surface area contributed by atoms with Gasteiger partial charge in [0.25, 0.3) is 0 Å². The van der Waals surface area contributed by atoms with Crippen molar-refractivity contribution < 1.29 is 0 Å². The summed E-state index contributed by atoms with van der Waals surface area (Å²) in [4.78, 5) is 0.276. The fourth-order valence-corrected chi connectivity index (χ4v) is 3.16. The van der Waals surface area contributed by atoms with Crippen LogP contribution in [-0.2, 0) is 12.8 Å². The fraction of sp³-hybridized carbons (Fsp3) is 0.368. The Labute approximate surface area is 131 Å².